The molecule has 6 aliphatic heterocycles. The molecule has 142 heavy (non-hydrogen) atoms. The summed E-state index contributed by atoms with van der Waals surface area (Å²) < 4.78 is 29.6. The zero-order valence-electron chi connectivity index (χ0n) is 84.4. The van der Waals surface area contributed by atoms with Crippen LogP contribution in [-0.2, 0) is 104 Å². The summed E-state index contributed by atoms with van der Waals surface area (Å²) in [7, 11) is 7.22. The predicted molar refractivity (Wildman–Crippen MR) is 529 cm³/mol. The van der Waals surface area contributed by atoms with Gasteiger partial charge in [0.2, 0.25) is 65.0 Å². The number of aliphatic hydroxyl groups is 1. The highest BCUT2D eigenvalue weighted by atomic mass is 35.5. The number of carboxylic acids is 1. The average Bonchev–Trinajstić information content (AvgIpc) is 1.57. The lowest BCUT2D eigenvalue weighted by molar-refractivity contribution is -0.162. The number of allylic oxidation sites excluding steroid dienone is 3. The summed E-state index contributed by atoms with van der Waals surface area (Å²) in [6.07, 6.45) is 2.94. The minimum absolute atomic E-state index is 0.000638. The number of amides is 12. The van der Waals surface area contributed by atoms with Crippen LogP contribution in [0.4, 0.5) is 10.5 Å². The fourth-order valence-corrected chi connectivity index (χ4v) is 20.4. The number of hydrogen-bond acceptors (Lipinski definition) is 26. The number of epoxide rings is 1. The number of rotatable bonds is 48. The van der Waals surface area contributed by atoms with Crippen molar-refractivity contribution in [2.24, 2.45) is 40.6 Å². The number of fused-ring (bicyclic) bond motifs is 5. The maximum absolute atomic E-state index is 15.1. The van der Waals surface area contributed by atoms with Gasteiger partial charge in [-0.2, -0.15) is 0 Å². The number of nitrogens with one attached hydrogen (secondary N) is 9. The second-order valence-electron chi connectivity index (χ2n) is 39.7. The molecular formula is C99H148ClN17O24S. The fraction of sp³-hybridized carbons (Fsp3) is 0.657. The summed E-state index contributed by atoms with van der Waals surface area (Å²) in [6.45, 7) is 17.8. The first-order valence-electron chi connectivity index (χ1n) is 49.0. The normalized spacial score (nSPS) is 23.5. The van der Waals surface area contributed by atoms with Crippen LogP contribution in [0.3, 0.4) is 0 Å². The van der Waals surface area contributed by atoms with Gasteiger partial charge in [0, 0.05) is 131 Å². The number of methoxy groups -OCH3 is 2. The first-order chi connectivity index (χ1) is 66.9. The summed E-state index contributed by atoms with van der Waals surface area (Å²) >= 11 is 8.01. The van der Waals surface area contributed by atoms with E-state index < -0.39 is 208 Å². The summed E-state index contributed by atoms with van der Waals surface area (Å²) in [5, 5.41) is 66.0. The van der Waals surface area contributed by atoms with Crippen molar-refractivity contribution in [1.29, 1.82) is 10.8 Å². The van der Waals surface area contributed by atoms with E-state index >= 15 is 14.4 Å². The smallest absolute Gasteiger partial charge is 0.409 e. The minimum atomic E-state index is -1.93. The van der Waals surface area contributed by atoms with E-state index in [9.17, 15) is 77.6 Å². The highest BCUT2D eigenvalue weighted by Gasteiger charge is 2.65. The number of ether oxygens (including phenoxy) is 5. The van der Waals surface area contributed by atoms with E-state index in [1.54, 1.807) is 58.9 Å². The van der Waals surface area contributed by atoms with Crippen LogP contribution in [0.2, 0.25) is 5.02 Å². The minimum Gasteiger partial charge on any atom is -0.508 e. The number of unbranched alkanes of at least 4 members (excludes halogenated alkanes) is 3. The van der Waals surface area contributed by atoms with Gasteiger partial charge in [-0.25, -0.2) is 9.59 Å². The van der Waals surface area contributed by atoms with Crippen LogP contribution < -0.4 is 58.3 Å². The third-order valence-electron chi connectivity index (χ3n) is 27.4. The summed E-state index contributed by atoms with van der Waals surface area (Å²) in [5.74, 6) is -12.3. The number of Topliss-reactive ketones (excluding diaryl/α,β-unsaturated/α-hetero) is 2. The lowest BCUT2D eigenvalue weighted by atomic mass is 9.76. The number of guanidine groups is 2. The number of imide groups is 1. The molecule has 5 saturated heterocycles. The van der Waals surface area contributed by atoms with Crippen molar-refractivity contribution in [2.45, 2.75) is 307 Å². The number of ketones is 2. The van der Waals surface area contributed by atoms with E-state index in [4.69, 9.17) is 57.6 Å². The summed E-state index contributed by atoms with van der Waals surface area (Å²) in [6, 6.07) is 1.32. The molecule has 5 fully saturated rings. The Morgan fingerprint density at radius 2 is 1.40 bits per heavy atom. The van der Waals surface area contributed by atoms with E-state index in [-0.39, 0.29) is 169 Å². The van der Waals surface area contributed by atoms with Gasteiger partial charge >= 0.3 is 18.0 Å². The Labute approximate surface area is 839 Å². The quantitative estimate of drug-likeness (QED) is 0.00943. The first kappa shape index (κ1) is 116. The molecule has 0 spiro atoms. The first-order valence-corrected chi connectivity index (χ1v) is 50.4. The van der Waals surface area contributed by atoms with E-state index in [1.165, 1.54) is 103 Å². The van der Waals surface area contributed by atoms with Crippen molar-refractivity contribution in [3.05, 3.63) is 76.3 Å². The fourth-order valence-electron chi connectivity index (χ4n) is 18.9. The maximum atomic E-state index is 15.1. The molecule has 6 aliphatic rings. The number of nitrogens with two attached hydrogens (primary N) is 2. The largest absolute Gasteiger partial charge is 0.508 e. The third-order valence-corrected chi connectivity index (χ3v) is 29.0. The molecule has 6 heterocycles. The number of hydrogen-bond donors (Lipinski definition) is 14. The van der Waals surface area contributed by atoms with Crippen molar-refractivity contribution < 1.29 is 116 Å². The lowest BCUT2D eigenvalue weighted by Crippen LogP contribution is -2.63. The number of halogens is 1. The standard InChI is InChI=1S/C99H148ClN17O24S/c1-56(2)46-68(89(129)116-44-25-31-71(116)90(130)114(13)69(29-23-41-107-95(103)104)74(121)52-65(97(7,8)9)86(126)109-66(28-22-40-106-94(101)102)73(120)51-63(92(132)133)48-61-34-36-64(119)37-35-61)110-87(127)70-30-24-43-115(70)88(128)67(108-60(6)118)27-18-19-39-105-80(122)33-17-16-20-42-117-83(125)53-77(91(117)131)142-45-38-81(123)112(11)59(5)93(134)140-79-54-82(124)113(12)72-49-62(50-75(137-14)84(72)100)47-57(3)26-21-32-78(138-15)99(136)55-76(139-96(135)111-99)58(4)85-98(79,10)141-85/h21,26,32,34-37,49-50,56,58-59,63,65-71,76-79,85,119,136H,16-20,22-25,27-31,33,38-48,51-55H2,1-15H3,(H,105,122)(H,108,118)(H,109,126)(H,110,127)(H,111,135)(H,132,133)(H4,101,102,106)(H4,103,104,107)/b32-21+,57-26+/t58-,59+,63-,65-,66+,67+,68+,69+,70+,71+,76+,77?,78-,79+,85+,98+,99+/m1/s1. The number of carbonyl (C=O) groups excluding carboxylic acids is 15. The number of alkyl carbamates (subject to hydrolysis) is 1. The third kappa shape index (κ3) is 32.5. The zero-order chi connectivity index (χ0) is 105. The molecule has 786 valence electrons. The molecule has 2 aromatic rings. The van der Waals surface area contributed by atoms with Gasteiger partial charge in [-0.3, -0.25) is 88.2 Å². The van der Waals surface area contributed by atoms with Gasteiger partial charge in [-0.1, -0.05) is 95.5 Å². The number of phenolic OH excluding ortho intramolecular Hbond substituents is 1. The second-order valence-corrected chi connectivity index (χ2v) is 41.4. The number of carboxylic acid groups (broad SMARTS) is 1. The van der Waals surface area contributed by atoms with Crippen molar-refractivity contribution in [3.8, 4) is 11.5 Å². The van der Waals surface area contributed by atoms with Gasteiger partial charge in [-0.15, -0.1) is 11.8 Å². The molecular weight excluding hydrogens is 1880 g/mol. The van der Waals surface area contributed by atoms with Crippen molar-refractivity contribution >= 4 is 136 Å². The average molecular weight is 2030 g/mol. The van der Waals surface area contributed by atoms with E-state index in [0.717, 1.165) is 22.9 Å². The Hall–Kier alpha value is -11.5. The lowest BCUT2D eigenvalue weighted by Gasteiger charge is -2.42. The zero-order valence-corrected chi connectivity index (χ0v) is 86.0. The molecule has 1 unspecified atom stereocenters. The molecule has 12 amide bonds. The number of anilines is 1. The van der Waals surface area contributed by atoms with Crippen LogP contribution in [0.1, 0.15) is 222 Å². The monoisotopic (exact) mass is 2030 g/mol. The molecule has 0 aromatic heterocycles. The molecule has 0 saturated carbocycles. The number of esters is 1. The van der Waals surface area contributed by atoms with E-state index in [2.05, 4.69) is 37.2 Å². The Bertz CT molecular complexity index is 4940. The highest BCUT2D eigenvalue weighted by molar-refractivity contribution is 8.00. The van der Waals surface area contributed by atoms with Gasteiger partial charge in [0.05, 0.1) is 48.6 Å². The number of benzene rings is 2. The number of likely N-dealkylation sites (N-methyl/N-ethyl adjacent to an activating group) is 2. The summed E-state index contributed by atoms with van der Waals surface area (Å²) in [4.78, 5) is 232. The molecule has 17 atom stereocenters. The van der Waals surface area contributed by atoms with Crippen molar-refractivity contribution in [3.63, 3.8) is 0 Å². The molecule has 8 rings (SSSR count). The molecule has 16 N–H and O–H groups in total. The number of phenols is 1. The van der Waals surface area contributed by atoms with Crippen molar-refractivity contribution in [1.82, 2.24) is 61.7 Å². The molecule has 0 radical (unpaired) electrons. The van der Waals surface area contributed by atoms with Crippen LogP contribution in [-0.4, -0.2) is 310 Å². The number of thioether (sulfide) groups is 1. The molecule has 0 aliphatic carbocycles. The van der Waals surface area contributed by atoms with Crippen LogP contribution in [0.25, 0.3) is 0 Å². The number of carbonyl (C=O) groups is 16. The highest BCUT2D eigenvalue weighted by Crippen LogP contribution is 2.50. The number of nitrogens with zero attached hydrogens (tertiary/aromatic N) is 6. The Kier molecular flexibility index (Phi) is 43.4. The van der Waals surface area contributed by atoms with Gasteiger partial charge in [-0.05, 0) is 170 Å². The van der Waals surface area contributed by atoms with Gasteiger partial charge in [0.25, 0.3) is 0 Å². The Morgan fingerprint density at radius 1 is 0.768 bits per heavy atom. The van der Waals surface area contributed by atoms with Crippen LogP contribution in [0, 0.1) is 39.9 Å². The predicted octanol–water partition coefficient (Wildman–Crippen LogP) is 5.70. The molecule has 2 aromatic carbocycles. The molecule has 43 heteroatoms. The van der Waals surface area contributed by atoms with Crippen molar-refractivity contribution in [2.75, 3.05) is 85.3 Å². The molecule has 4 bridgehead atoms. The van der Waals surface area contributed by atoms with Crippen LogP contribution in [0.15, 0.2) is 60.2 Å². The topological polar surface area (TPSA) is 587 Å². The summed E-state index contributed by atoms with van der Waals surface area (Å²) in [5.41, 5.74) is 9.32. The van der Waals surface area contributed by atoms with Crippen LogP contribution in [0.5, 0.6) is 11.5 Å². The second kappa shape index (κ2) is 53.2. The maximum Gasteiger partial charge on any atom is 0.409 e. The SMILES string of the molecule is COc1cc2cc(c1Cl)N(C)C(=O)C[C@H](OC(=O)[C@H](C)N(C)C(=O)CCSC1CC(=O)N(CCCCCC(=O)NCCCC[C@H](NC(C)=O)C(=O)N3CCC[C@H]3C(=O)N[C@@H](CC(C)C)C(=O)N3CCC[C@H]3C(=O)N(C)[C@@H](CCCNC(=N)N)C(=O)C[C@H](C(=O)N[C@@H](CCCNC(=N)N)C(=O)C[C@@H](Cc3ccc(O)cc3)C(=O)O)C(C)(C)C)C1=O)[C@]1(C)O[C@H]1[C@H](C)[C@@H]1C[C@@](O)(NC(=O)O1)[C@H](OC)/C=C/C=C(\C)C2. The van der Waals surface area contributed by atoms with Gasteiger partial charge in [0.15, 0.2) is 29.2 Å². The van der Waals surface area contributed by atoms with Gasteiger partial charge in [0.1, 0.15) is 70.6 Å². The number of aliphatic carboxylic acids is 1. The van der Waals surface area contributed by atoms with Gasteiger partial charge < -0.3 is 107 Å². The Morgan fingerprint density at radius 3 is 2.03 bits per heavy atom. The van der Waals surface area contributed by atoms with E-state index in [1.807, 2.05) is 26.8 Å². The van der Waals surface area contributed by atoms with Crippen LogP contribution >= 0.6 is 23.4 Å². The number of aromatic hydroxyl groups is 1. The number of likely N-dealkylation sites (tertiary alicyclic amines) is 3. The molecule has 41 nitrogen and oxygen atoms in total. The van der Waals surface area contributed by atoms with E-state index in [0.29, 0.717) is 68.4 Å². The Balaban J connectivity index is 0.791.